The standard InChI is InChI=1S/C10H9Cl2NO/c1-5-4-6-7(11)2-3-8(12)9(6)10(14)13-5/h2-3,5H,4H2,1H3,(H,13,14). The molecule has 0 spiro atoms. The largest absolute Gasteiger partial charge is 0.349 e. The van der Waals surface area contributed by atoms with Gasteiger partial charge in [-0.1, -0.05) is 23.2 Å². The van der Waals surface area contributed by atoms with Gasteiger partial charge in [-0.05, 0) is 31.0 Å². The van der Waals surface area contributed by atoms with Crippen LogP contribution in [0, 0.1) is 0 Å². The van der Waals surface area contributed by atoms with Gasteiger partial charge in [0.25, 0.3) is 5.91 Å². The van der Waals surface area contributed by atoms with Gasteiger partial charge in [0, 0.05) is 11.1 Å². The van der Waals surface area contributed by atoms with Crippen molar-refractivity contribution in [1.82, 2.24) is 5.32 Å². The number of carbonyl (C=O) groups excluding carboxylic acids is 1. The van der Waals surface area contributed by atoms with Crippen molar-refractivity contribution in [2.24, 2.45) is 0 Å². The summed E-state index contributed by atoms with van der Waals surface area (Å²) in [6, 6.07) is 3.50. The normalized spacial score (nSPS) is 20.2. The summed E-state index contributed by atoms with van der Waals surface area (Å²) in [5.41, 5.74) is 1.38. The number of amides is 1. The van der Waals surface area contributed by atoms with E-state index in [2.05, 4.69) is 5.32 Å². The molecule has 1 aliphatic heterocycles. The third-order valence-electron chi connectivity index (χ3n) is 2.32. The summed E-state index contributed by atoms with van der Waals surface area (Å²) < 4.78 is 0. The minimum absolute atomic E-state index is 0.117. The van der Waals surface area contributed by atoms with E-state index in [1.54, 1.807) is 12.1 Å². The molecule has 1 heterocycles. The summed E-state index contributed by atoms with van der Waals surface area (Å²) >= 11 is 11.9. The van der Waals surface area contributed by atoms with Crippen LogP contribution < -0.4 is 5.32 Å². The third-order valence-corrected chi connectivity index (χ3v) is 2.99. The Morgan fingerprint density at radius 1 is 1.36 bits per heavy atom. The van der Waals surface area contributed by atoms with Gasteiger partial charge >= 0.3 is 0 Å². The molecule has 0 aliphatic carbocycles. The summed E-state index contributed by atoms with van der Waals surface area (Å²) in [5, 5.41) is 3.90. The first-order chi connectivity index (χ1) is 6.59. The molecular formula is C10H9Cl2NO. The molecule has 0 fully saturated rings. The molecule has 0 saturated carbocycles. The molecule has 1 aliphatic rings. The second-order valence-corrected chi connectivity index (χ2v) is 4.28. The average Bonchev–Trinajstić information content (AvgIpc) is 2.10. The van der Waals surface area contributed by atoms with Gasteiger partial charge in [0.2, 0.25) is 0 Å². The van der Waals surface area contributed by atoms with Crippen LogP contribution >= 0.6 is 23.2 Å². The fraction of sp³-hybridized carbons (Fsp3) is 0.300. The van der Waals surface area contributed by atoms with Crippen molar-refractivity contribution in [3.8, 4) is 0 Å². The molecule has 2 rings (SSSR count). The molecule has 4 heteroatoms. The smallest absolute Gasteiger partial charge is 0.253 e. The van der Waals surface area contributed by atoms with Crippen molar-refractivity contribution in [3.05, 3.63) is 33.3 Å². The van der Waals surface area contributed by atoms with E-state index in [1.165, 1.54) is 0 Å². The van der Waals surface area contributed by atoms with Crippen molar-refractivity contribution in [1.29, 1.82) is 0 Å². The lowest BCUT2D eigenvalue weighted by Crippen LogP contribution is -2.39. The molecule has 2 nitrogen and oxygen atoms in total. The summed E-state index contributed by atoms with van der Waals surface area (Å²) in [7, 11) is 0. The van der Waals surface area contributed by atoms with E-state index >= 15 is 0 Å². The molecule has 1 amide bonds. The van der Waals surface area contributed by atoms with Crippen molar-refractivity contribution in [3.63, 3.8) is 0 Å². The van der Waals surface area contributed by atoms with Gasteiger partial charge in [-0.15, -0.1) is 0 Å². The summed E-state index contributed by atoms with van der Waals surface area (Å²) in [6.07, 6.45) is 0.737. The lowest BCUT2D eigenvalue weighted by Gasteiger charge is -2.24. The Morgan fingerprint density at radius 3 is 2.71 bits per heavy atom. The van der Waals surface area contributed by atoms with Crippen LogP contribution in [0.3, 0.4) is 0 Å². The molecule has 1 aromatic rings. The number of hydrogen-bond donors (Lipinski definition) is 1. The number of rotatable bonds is 0. The zero-order valence-corrected chi connectivity index (χ0v) is 9.12. The number of fused-ring (bicyclic) bond motifs is 1. The summed E-state index contributed by atoms with van der Waals surface area (Å²) in [6.45, 7) is 1.94. The van der Waals surface area contributed by atoms with Crippen molar-refractivity contribution < 1.29 is 4.79 Å². The quantitative estimate of drug-likeness (QED) is 0.729. The first kappa shape index (κ1) is 9.81. The van der Waals surface area contributed by atoms with Crippen LogP contribution in [0.25, 0.3) is 0 Å². The predicted molar refractivity (Wildman–Crippen MR) is 57.1 cm³/mol. The van der Waals surface area contributed by atoms with Crippen LogP contribution in [0.4, 0.5) is 0 Å². The molecular weight excluding hydrogens is 221 g/mol. The number of nitrogens with one attached hydrogen (secondary N) is 1. The first-order valence-corrected chi connectivity index (χ1v) is 5.13. The number of halogens is 2. The summed E-state index contributed by atoms with van der Waals surface area (Å²) in [5.74, 6) is -0.133. The Kier molecular flexibility index (Phi) is 2.41. The molecule has 74 valence electrons. The molecule has 0 saturated heterocycles. The molecule has 1 N–H and O–H groups in total. The highest BCUT2D eigenvalue weighted by atomic mass is 35.5. The minimum Gasteiger partial charge on any atom is -0.349 e. The maximum absolute atomic E-state index is 11.6. The second-order valence-electron chi connectivity index (χ2n) is 3.46. The van der Waals surface area contributed by atoms with E-state index in [0.29, 0.717) is 15.6 Å². The topological polar surface area (TPSA) is 29.1 Å². The van der Waals surface area contributed by atoms with Crippen LogP contribution in [0.2, 0.25) is 10.0 Å². The zero-order valence-electron chi connectivity index (χ0n) is 7.60. The van der Waals surface area contributed by atoms with E-state index in [-0.39, 0.29) is 11.9 Å². The SMILES string of the molecule is CC1Cc2c(Cl)ccc(Cl)c2C(=O)N1. The highest BCUT2D eigenvalue weighted by Gasteiger charge is 2.25. The fourth-order valence-corrected chi connectivity index (χ4v) is 2.19. The minimum atomic E-state index is -0.133. The van der Waals surface area contributed by atoms with E-state index in [0.717, 1.165) is 12.0 Å². The van der Waals surface area contributed by atoms with Gasteiger partial charge in [0.15, 0.2) is 0 Å². The molecule has 14 heavy (non-hydrogen) atoms. The van der Waals surface area contributed by atoms with E-state index in [9.17, 15) is 4.79 Å². The molecule has 0 bridgehead atoms. The zero-order chi connectivity index (χ0) is 10.3. The third kappa shape index (κ3) is 1.49. The van der Waals surface area contributed by atoms with Crippen LogP contribution in [-0.4, -0.2) is 11.9 Å². The monoisotopic (exact) mass is 229 g/mol. The van der Waals surface area contributed by atoms with Crippen molar-refractivity contribution >= 4 is 29.1 Å². The predicted octanol–water partition coefficient (Wildman–Crippen LogP) is 2.67. The van der Waals surface area contributed by atoms with Crippen molar-refractivity contribution in [2.45, 2.75) is 19.4 Å². The first-order valence-electron chi connectivity index (χ1n) is 4.37. The van der Waals surface area contributed by atoms with Crippen molar-refractivity contribution in [2.75, 3.05) is 0 Å². The maximum Gasteiger partial charge on any atom is 0.253 e. The molecule has 1 unspecified atom stereocenters. The van der Waals surface area contributed by atoms with E-state index in [4.69, 9.17) is 23.2 Å². The number of carbonyl (C=O) groups is 1. The van der Waals surface area contributed by atoms with Gasteiger partial charge in [-0.3, -0.25) is 4.79 Å². The van der Waals surface area contributed by atoms with Gasteiger partial charge in [0.1, 0.15) is 0 Å². The van der Waals surface area contributed by atoms with Crippen LogP contribution in [0.1, 0.15) is 22.8 Å². The Labute approximate surface area is 92.2 Å². The van der Waals surface area contributed by atoms with Gasteiger partial charge in [0.05, 0.1) is 10.6 Å². The highest BCUT2D eigenvalue weighted by Crippen LogP contribution is 2.30. The second kappa shape index (κ2) is 3.44. The lowest BCUT2D eigenvalue weighted by atomic mass is 9.96. The average molecular weight is 230 g/mol. The van der Waals surface area contributed by atoms with Gasteiger partial charge in [-0.25, -0.2) is 0 Å². The Morgan fingerprint density at radius 2 is 2.00 bits per heavy atom. The Hall–Kier alpha value is -0.730. The summed E-state index contributed by atoms with van der Waals surface area (Å²) in [4.78, 5) is 11.6. The molecule has 0 aromatic heterocycles. The van der Waals surface area contributed by atoms with Gasteiger partial charge < -0.3 is 5.32 Å². The highest BCUT2D eigenvalue weighted by molar-refractivity contribution is 6.36. The molecule has 0 radical (unpaired) electrons. The van der Waals surface area contributed by atoms with Gasteiger partial charge in [-0.2, -0.15) is 0 Å². The fourth-order valence-electron chi connectivity index (χ4n) is 1.69. The Balaban J connectivity index is 2.63. The van der Waals surface area contributed by atoms with Crippen LogP contribution in [0.5, 0.6) is 0 Å². The number of benzene rings is 1. The molecule has 1 atom stereocenters. The van der Waals surface area contributed by atoms with E-state index in [1.807, 2.05) is 6.92 Å². The lowest BCUT2D eigenvalue weighted by molar-refractivity contribution is 0.0929. The Bertz CT molecular complexity index is 403. The number of hydrogen-bond acceptors (Lipinski definition) is 1. The van der Waals surface area contributed by atoms with Crippen LogP contribution in [-0.2, 0) is 6.42 Å². The molecule has 1 aromatic carbocycles. The maximum atomic E-state index is 11.6. The van der Waals surface area contributed by atoms with Crippen LogP contribution in [0.15, 0.2) is 12.1 Å². The van der Waals surface area contributed by atoms with E-state index < -0.39 is 0 Å².